The Morgan fingerprint density at radius 2 is 1.83 bits per heavy atom. The Hall–Kier alpha value is -2.91. The van der Waals surface area contributed by atoms with Crippen LogP contribution in [0, 0.1) is 17.1 Å². The van der Waals surface area contributed by atoms with E-state index in [4.69, 9.17) is 19.5 Å². The molecule has 124 valence electrons. The first-order valence-electron chi connectivity index (χ1n) is 7.36. The van der Waals surface area contributed by atoms with Crippen LogP contribution in [0.25, 0.3) is 0 Å². The lowest BCUT2D eigenvalue weighted by Crippen LogP contribution is -2.09. The maximum atomic E-state index is 13.5. The van der Waals surface area contributed by atoms with Gasteiger partial charge in [-0.25, -0.2) is 9.18 Å². The number of hydrogen-bond donors (Lipinski definition) is 0. The van der Waals surface area contributed by atoms with E-state index in [1.54, 1.807) is 30.3 Å². The number of carbonyl (C=O) groups excluding carboxylic acids is 1. The summed E-state index contributed by atoms with van der Waals surface area (Å²) in [6.07, 6.45) is 0. The summed E-state index contributed by atoms with van der Waals surface area (Å²) in [4.78, 5) is 12.0. The fraction of sp³-hybridized carbons (Fsp3) is 0.222. The number of nitriles is 1. The van der Waals surface area contributed by atoms with Gasteiger partial charge in [-0.2, -0.15) is 5.26 Å². The molecule has 0 aromatic heterocycles. The van der Waals surface area contributed by atoms with Crippen LogP contribution in [-0.4, -0.2) is 25.8 Å². The van der Waals surface area contributed by atoms with Gasteiger partial charge in [0, 0.05) is 12.7 Å². The van der Waals surface area contributed by atoms with Crippen molar-refractivity contribution in [2.45, 2.75) is 6.92 Å². The topological polar surface area (TPSA) is 68.6 Å². The third-order valence-corrected chi connectivity index (χ3v) is 3.06. The monoisotopic (exact) mass is 329 g/mol. The van der Waals surface area contributed by atoms with E-state index >= 15 is 0 Å². The normalized spacial score (nSPS) is 10.0. The zero-order chi connectivity index (χ0) is 17.4. The highest BCUT2D eigenvalue weighted by molar-refractivity contribution is 5.91. The first-order valence-corrected chi connectivity index (χ1v) is 7.36. The molecule has 0 radical (unpaired) electrons. The molecule has 2 rings (SSSR count). The number of hydrogen-bond acceptors (Lipinski definition) is 5. The van der Waals surface area contributed by atoms with Crippen LogP contribution in [0.1, 0.15) is 22.8 Å². The van der Waals surface area contributed by atoms with Crippen molar-refractivity contribution in [3.63, 3.8) is 0 Å². The predicted octanol–water partition coefficient (Wildman–Crippen LogP) is 3.33. The molecular formula is C18H16FNO4. The molecule has 0 bridgehead atoms. The van der Waals surface area contributed by atoms with Gasteiger partial charge in [0.25, 0.3) is 0 Å². The van der Waals surface area contributed by atoms with Gasteiger partial charge in [0.2, 0.25) is 0 Å². The van der Waals surface area contributed by atoms with Crippen molar-refractivity contribution in [3.05, 3.63) is 59.4 Å². The van der Waals surface area contributed by atoms with Crippen molar-refractivity contribution in [1.29, 1.82) is 5.26 Å². The molecule has 0 fully saturated rings. The van der Waals surface area contributed by atoms with Crippen molar-refractivity contribution in [3.8, 4) is 17.6 Å². The summed E-state index contributed by atoms with van der Waals surface area (Å²) in [6, 6.07) is 11.7. The zero-order valence-electron chi connectivity index (χ0n) is 13.1. The van der Waals surface area contributed by atoms with E-state index < -0.39 is 11.8 Å². The van der Waals surface area contributed by atoms with Crippen molar-refractivity contribution < 1.29 is 23.4 Å². The van der Waals surface area contributed by atoms with Crippen LogP contribution in [0.5, 0.6) is 11.5 Å². The van der Waals surface area contributed by atoms with Crippen LogP contribution in [0.2, 0.25) is 0 Å². The molecule has 5 nitrogen and oxygen atoms in total. The first kappa shape index (κ1) is 17.4. The molecule has 0 atom stereocenters. The van der Waals surface area contributed by atoms with Crippen LogP contribution in [-0.2, 0) is 4.74 Å². The lowest BCUT2D eigenvalue weighted by molar-refractivity contribution is 0.0734. The fourth-order valence-electron chi connectivity index (χ4n) is 1.87. The van der Waals surface area contributed by atoms with Crippen LogP contribution in [0.4, 0.5) is 4.39 Å². The van der Waals surface area contributed by atoms with E-state index in [1.807, 2.05) is 6.92 Å². The quantitative estimate of drug-likeness (QED) is 0.443. The average molecular weight is 329 g/mol. The molecule has 0 heterocycles. The Bertz CT molecular complexity index is 738. The number of rotatable bonds is 7. The molecule has 0 unspecified atom stereocenters. The summed E-state index contributed by atoms with van der Waals surface area (Å²) in [5.74, 6) is -0.718. The molecule has 0 N–H and O–H groups in total. The van der Waals surface area contributed by atoms with Gasteiger partial charge >= 0.3 is 5.97 Å². The van der Waals surface area contributed by atoms with Crippen molar-refractivity contribution in [1.82, 2.24) is 0 Å². The molecule has 0 aliphatic rings. The summed E-state index contributed by atoms with van der Waals surface area (Å²) in [7, 11) is 0. The lowest BCUT2D eigenvalue weighted by Gasteiger charge is -2.08. The fourth-order valence-corrected chi connectivity index (χ4v) is 1.87. The molecule has 0 amide bonds. The van der Waals surface area contributed by atoms with Gasteiger partial charge in [-0.3, -0.25) is 0 Å². The van der Waals surface area contributed by atoms with E-state index in [9.17, 15) is 9.18 Å². The molecule has 6 heteroatoms. The van der Waals surface area contributed by atoms with Gasteiger partial charge in [0.1, 0.15) is 30.0 Å². The number of benzene rings is 2. The number of carbonyl (C=O) groups is 1. The van der Waals surface area contributed by atoms with E-state index in [1.165, 1.54) is 12.1 Å². The predicted molar refractivity (Wildman–Crippen MR) is 84.5 cm³/mol. The Morgan fingerprint density at radius 3 is 2.46 bits per heavy atom. The smallest absolute Gasteiger partial charge is 0.343 e. The van der Waals surface area contributed by atoms with Gasteiger partial charge in [0.05, 0.1) is 17.7 Å². The SMILES string of the molecule is CCOCCOc1ccc(C(=O)Oc2ccc(C#N)c(F)c2)cc1. The van der Waals surface area contributed by atoms with E-state index in [0.717, 1.165) is 6.07 Å². The number of ether oxygens (including phenoxy) is 3. The highest BCUT2D eigenvalue weighted by Gasteiger charge is 2.11. The molecular weight excluding hydrogens is 313 g/mol. The van der Waals surface area contributed by atoms with Crippen molar-refractivity contribution >= 4 is 5.97 Å². The standard InChI is InChI=1S/C18H16FNO4/c1-2-22-9-10-23-15-6-3-13(4-7-15)18(21)24-16-8-5-14(12-20)17(19)11-16/h3-8,11H,2,9-10H2,1H3. The summed E-state index contributed by atoms with van der Waals surface area (Å²) in [6.45, 7) is 3.44. The van der Waals surface area contributed by atoms with E-state index in [-0.39, 0.29) is 11.3 Å². The molecule has 24 heavy (non-hydrogen) atoms. The van der Waals surface area contributed by atoms with Crippen LogP contribution < -0.4 is 9.47 Å². The van der Waals surface area contributed by atoms with E-state index in [2.05, 4.69) is 0 Å². The second-order valence-electron chi connectivity index (χ2n) is 4.71. The highest BCUT2D eigenvalue weighted by atomic mass is 19.1. The molecule has 2 aromatic carbocycles. The average Bonchev–Trinajstić information content (AvgIpc) is 2.59. The van der Waals surface area contributed by atoms with Crippen LogP contribution >= 0.6 is 0 Å². The third-order valence-electron chi connectivity index (χ3n) is 3.06. The Labute approximate surface area is 139 Å². The molecule has 0 saturated heterocycles. The first-order chi connectivity index (χ1) is 11.6. The number of nitrogens with zero attached hydrogens (tertiary/aromatic N) is 1. The second-order valence-corrected chi connectivity index (χ2v) is 4.71. The minimum Gasteiger partial charge on any atom is -0.491 e. The number of esters is 1. The Kier molecular flexibility index (Phi) is 6.29. The van der Waals surface area contributed by atoms with Gasteiger partial charge in [-0.1, -0.05) is 0 Å². The minimum atomic E-state index is -0.735. The molecule has 0 aliphatic carbocycles. The molecule has 0 spiro atoms. The lowest BCUT2D eigenvalue weighted by atomic mass is 10.2. The van der Waals surface area contributed by atoms with Crippen LogP contribution in [0.3, 0.4) is 0 Å². The van der Waals surface area contributed by atoms with Crippen molar-refractivity contribution in [2.24, 2.45) is 0 Å². The Morgan fingerprint density at radius 1 is 1.12 bits per heavy atom. The highest BCUT2D eigenvalue weighted by Crippen LogP contribution is 2.18. The van der Waals surface area contributed by atoms with Gasteiger partial charge in [-0.05, 0) is 43.3 Å². The second kappa shape index (κ2) is 8.65. The molecule has 0 aliphatic heterocycles. The maximum absolute atomic E-state index is 13.5. The summed E-state index contributed by atoms with van der Waals surface area (Å²) >= 11 is 0. The molecule has 0 saturated carbocycles. The largest absolute Gasteiger partial charge is 0.491 e. The molecule has 2 aromatic rings. The van der Waals surface area contributed by atoms with Crippen molar-refractivity contribution in [2.75, 3.05) is 19.8 Å². The summed E-state index contributed by atoms with van der Waals surface area (Å²) in [5, 5.41) is 8.67. The van der Waals surface area contributed by atoms with E-state index in [0.29, 0.717) is 31.1 Å². The third kappa shape index (κ3) is 4.80. The minimum absolute atomic E-state index is 0.0357. The summed E-state index contributed by atoms with van der Waals surface area (Å²) < 4.78 is 29.2. The van der Waals surface area contributed by atoms with Gasteiger partial charge < -0.3 is 14.2 Å². The zero-order valence-corrected chi connectivity index (χ0v) is 13.1. The van der Waals surface area contributed by atoms with Crippen LogP contribution in [0.15, 0.2) is 42.5 Å². The van der Waals surface area contributed by atoms with Gasteiger partial charge in [0.15, 0.2) is 0 Å². The summed E-state index contributed by atoms with van der Waals surface area (Å²) in [5.41, 5.74) is 0.195. The Balaban J connectivity index is 1.95. The van der Waals surface area contributed by atoms with Gasteiger partial charge in [-0.15, -0.1) is 0 Å². The maximum Gasteiger partial charge on any atom is 0.343 e. The number of halogens is 1.